The molecule has 0 aliphatic carbocycles. The molecule has 0 aromatic rings. The second-order valence-corrected chi connectivity index (χ2v) is 5.00. The van der Waals surface area contributed by atoms with Crippen LogP contribution in [0.1, 0.15) is 19.8 Å². The minimum absolute atomic E-state index is 0.336. The normalized spacial score (nSPS) is 14.6. The Morgan fingerprint density at radius 3 is 2.50 bits per heavy atom. The molecule has 0 radical (unpaired) electrons. The number of rotatable bonds is 6. The van der Waals surface area contributed by atoms with Gasteiger partial charge in [0.15, 0.2) is 0 Å². The zero-order valence-corrected chi connectivity index (χ0v) is 8.65. The van der Waals surface area contributed by atoms with Crippen molar-refractivity contribution in [3.8, 4) is 0 Å². The molecule has 0 spiro atoms. The Morgan fingerprint density at radius 2 is 2.08 bits per heavy atom. The lowest BCUT2D eigenvalue weighted by Crippen LogP contribution is -2.29. The summed E-state index contributed by atoms with van der Waals surface area (Å²) in [4.78, 5) is 0. The van der Waals surface area contributed by atoms with Crippen LogP contribution in [-0.4, -0.2) is 34.4 Å². The third-order valence-electron chi connectivity index (χ3n) is 1.77. The predicted molar refractivity (Wildman–Crippen MR) is 48.6 cm³/mol. The van der Waals surface area contributed by atoms with Crippen molar-refractivity contribution in [1.82, 2.24) is 4.72 Å². The molecule has 0 saturated heterocycles. The van der Waals surface area contributed by atoms with Crippen molar-refractivity contribution in [1.29, 1.82) is 0 Å². The fourth-order valence-corrected chi connectivity index (χ4v) is 1.75. The zero-order valence-electron chi connectivity index (χ0n) is 7.83. The molecule has 12 heavy (non-hydrogen) atoms. The van der Waals surface area contributed by atoms with Gasteiger partial charge < -0.3 is 4.74 Å². The summed E-state index contributed by atoms with van der Waals surface area (Å²) in [6, 6.07) is 0. The van der Waals surface area contributed by atoms with E-state index in [1.807, 2.05) is 0 Å². The minimum Gasteiger partial charge on any atom is -0.385 e. The highest BCUT2D eigenvalue weighted by atomic mass is 32.2. The van der Waals surface area contributed by atoms with Gasteiger partial charge in [0.25, 0.3) is 0 Å². The molecule has 0 aliphatic rings. The fraction of sp³-hybridized carbons (Fsp3) is 1.00. The van der Waals surface area contributed by atoms with Gasteiger partial charge in [-0.05, 0) is 26.8 Å². The first-order valence-corrected chi connectivity index (χ1v) is 5.50. The lowest BCUT2D eigenvalue weighted by atomic mass is 10.3. The molecule has 0 bridgehead atoms. The van der Waals surface area contributed by atoms with Crippen LogP contribution in [0.25, 0.3) is 0 Å². The summed E-state index contributed by atoms with van der Waals surface area (Å²) >= 11 is 0. The number of nitrogens with one attached hydrogen (secondary N) is 1. The van der Waals surface area contributed by atoms with E-state index < -0.39 is 10.0 Å². The summed E-state index contributed by atoms with van der Waals surface area (Å²) in [5.74, 6) is 0. The lowest BCUT2D eigenvalue weighted by molar-refractivity contribution is 0.192. The van der Waals surface area contributed by atoms with E-state index in [2.05, 4.69) is 4.72 Å². The van der Waals surface area contributed by atoms with E-state index in [1.54, 1.807) is 14.0 Å². The number of sulfonamides is 1. The average molecular weight is 195 g/mol. The number of hydrogen-bond acceptors (Lipinski definition) is 3. The first kappa shape index (κ1) is 11.9. The molecular weight excluding hydrogens is 178 g/mol. The van der Waals surface area contributed by atoms with Crippen LogP contribution in [0.4, 0.5) is 0 Å². The molecule has 0 heterocycles. The van der Waals surface area contributed by atoms with Gasteiger partial charge in [-0.25, -0.2) is 13.1 Å². The average Bonchev–Trinajstić information content (AvgIpc) is 2.05. The molecule has 0 rings (SSSR count). The van der Waals surface area contributed by atoms with E-state index >= 15 is 0 Å². The van der Waals surface area contributed by atoms with Crippen LogP contribution in [0.2, 0.25) is 0 Å². The highest BCUT2D eigenvalue weighted by Gasteiger charge is 2.17. The van der Waals surface area contributed by atoms with E-state index in [4.69, 9.17) is 4.74 Å². The third kappa shape index (κ3) is 4.04. The molecule has 4 nitrogen and oxygen atoms in total. The Bertz CT molecular complexity index is 201. The molecule has 1 unspecified atom stereocenters. The van der Waals surface area contributed by atoms with E-state index in [-0.39, 0.29) is 5.25 Å². The minimum atomic E-state index is -3.08. The molecule has 0 fully saturated rings. The maximum atomic E-state index is 11.1. The summed E-state index contributed by atoms with van der Waals surface area (Å²) in [6.07, 6.45) is 1.41. The van der Waals surface area contributed by atoms with Crippen LogP contribution >= 0.6 is 0 Å². The van der Waals surface area contributed by atoms with Crippen LogP contribution in [0.5, 0.6) is 0 Å². The van der Waals surface area contributed by atoms with Gasteiger partial charge in [-0.15, -0.1) is 0 Å². The van der Waals surface area contributed by atoms with Crippen molar-refractivity contribution in [2.24, 2.45) is 0 Å². The summed E-state index contributed by atoms with van der Waals surface area (Å²) in [7, 11) is -0.0432. The van der Waals surface area contributed by atoms with E-state index in [1.165, 1.54) is 7.05 Å². The van der Waals surface area contributed by atoms with Crippen LogP contribution in [0.15, 0.2) is 0 Å². The van der Waals surface area contributed by atoms with E-state index in [0.717, 1.165) is 6.42 Å². The van der Waals surface area contributed by atoms with Crippen molar-refractivity contribution < 1.29 is 13.2 Å². The van der Waals surface area contributed by atoms with E-state index in [9.17, 15) is 8.42 Å². The molecule has 0 saturated carbocycles. The molecular formula is C7H17NO3S. The molecule has 74 valence electrons. The van der Waals surface area contributed by atoms with Crippen molar-refractivity contribution >= 4 is 10.0 Å². The van der Waals surface area contributed by atoms with Crippen molar-refractivity contribution in [2.75, 3.05) is 20.8 Å². The van der Waals surface area contributed by atoms with Gasteiger partial charge in [-0.1, -0.05) is 0 Å². The Labute approximate surface area is 74.4 Å². The van der Waals surface area contributed by atoms with Crippen LogP contribution in [-0.2, 0) is 14.8 Å². The maximum absolute atomic E-state index is 11.1. The van der Waals surface area contributed by atoms with Gasteiger partial charge in [0.2, 0.25) is 10.0 Å². The summed E-state index contributed by atoms with van der Waals surface area (Å²) < 4.78 is 29.4. The predicted octanol–water partition coefficient (Wildman–Crippen LogP) is 0.351. The highest BCUT2D eigenvalue weighted by Crippen LogP contribution is 2.05. The third-order valence-corrected chi connectivity index (χ3v) is 3.64. The summed E-state index contributed by atoms with van der Waals surface area (Å²) in [6.45, 7) is 2.31. The second kappa shape index (κ2) is 5.50. The Hall–Kier alpha value is -0.130. The van der Waals surface area contributed by atoms with Gasteiger partial charge in [-0.3, -0.25) is 0 Å². The zero-order chi connectivity index (χ0) is 9.61. The lowest BCUT2D eigenvalue weighted by Gasteiger charge is -2.10. The topological polar surface area (TPSA) is 55.4 Å². The van der Waals surface area contributed by atoms with Crippen LogP contribution in [0.3, 0.4) is 0 Å². The summed E-state index contributed by atoms with van der Waals surface area (Å²) in [5.41, 5.74) is 0. The van der Waals surface area contributed by atoms with Crippen molar-refractivity contribution in [3.63, 3.8) is 0 Å². The first-order valence-electron chi connectivity index (χ1n) is 3.96. The molecule has 0 aromatic heterocycles. The molecule has 0 aromatic carbocycles. The molecule has 5 heteroatoms. The standard InChI is InChI=1S/C7H17NO3S/c1-7(5-4-6-11-3)12(9,10)8-2/h7-8H,4-6H2,1-3H3. The monoisotopic (exact) mass is 195 g/mol. The largest absolute Gasteiger partial charge is 0.385 e. The Kier molecular flexibility index (Phi) is 5.44. The van der Waals surface area contributed by atoms with Gasteiger partial charge in [0.05, 0.1) is 5.25 Å². The van der Waals surface area contributed by atoms with Gasteiger partial charge in [0.1, 0.15) is 0 Å². The van der Waals surface area contributed by atoms with Gasteiger partial charge in [-0.2, -0.15) is 0 Å². The number of hydrogen-bond donors (Lipinski definition) is 1. The quantitative estimate of drug-likeness (QED) is 0.622. The number of ether oxygens (including phenoxy) is 1. The van der Waals surface area contributed by atoms with Gasteiger partial charge >= 0.3 is 0 Å². The summed E-state index contributed by atoms with van der Waals surface area (Å²) in [5, 5.41) is -0.336. The maximum Gasteiger partial charge on any atom is 0.213 e. The number of methoxy groups -OCH3 is 1. The molecule has 1 N–H and O–H groups in total. The SMILES string of the molecule is CNS(=O)(=O)C(C)CCCOC. The Balaban J connectivity index is 3.80. The molecule has 1 atom stereocenters. The molecule has 0 amide bonds. The van der Waals surface area contributed by atoms with Crippen molar-refractivity contribution in [2.45, 2.75) is 25.0 Å². The smallest absolute Gasteiger partial charge is 0.213 e. The van der Waals surface area contributed by atoms with Crippen LogP contribution < -0.4 is 4.72 Å². The van der Waals surface area contributed by atoms with E-state index in [0.29, 0.717) is 13.0 Å². The fourth-order valence-electron chi connectivity index (χ4n) is 0.871. The molecule has 0 aliphatic heterocycles. The first-order chi connectivity index (χ1) is 5.54. The van der Waals surface area contributed by atoms with Crippen molar-refractivity contribution in [3.05, 3.63) is 0 Å². The van der Waals surface area contributed by atoms with Crippen LogP contribution in [0, 0.1) is 0 Å². The second-order valence-electron chi connectivity index (χ2n) is 2.69. The highest BCUT2D eigenvalue weighted by molar-refractivity contribution is 7.90. The Morgan fingerprint density at radius 1 is 1.50 bits per heavy atom. The van der Waals surface area contributed by atoms with Gasteiger partial charge in [0, 0.05) is 13.7 Å².